The summed E-state index contributed by atoms with van der Waals surface area (Å²) in [4.78, 5) is 4.18. The lowest BCUT2D eigenvalue weighted by Crippen LogP contribution is -2.46. The van der Waals surface area contributed by atoms with Crippen molar-refractivity contribution in [2.45, 2.75) is 43.8 Å². The number of thiazole rings is 1. The Morgan fingerprint density at radius 3 is 3.00 bits per heavy atom. The van der Waals surface area contributed by atoms with Gasteiger partial charge in [-0.3, -0.25) is 0 Å². The van der Waals surface area contributed by atoms with Crippen LogP contribution in [0.5, 0.6) is 0 Å². The van der Waals surface area contributed by atoms with Crippen LogP contribution in [-0.2, 0) is 4.74 Å². The molecule has 1 aliphatic carbocycles. The summed E-state index contributed by atoms with van der Waals surface area (Å²) in [5, 5.41) is 11.1. The summed E-state index contributed by atoms with van der Waals surface area (Å²) in [5.74, 6) is 0.270. The summed E-state index contributed by atoms with van der Waals surface area (Å²) >= 11 is 7.24. The molecule has 2 aliphatic rings. The molecule has 2 heterocycles. The number of aliphatic hydroxyl groups is 1. The molecule has 1 N–H and O–H groups in total. The third-order valence-electron chi connectivity index (χ3n) is 3.99. The second-order valence-electron chi connectivity index (χ2n) is 5.09. The molecular formula is C12H16ClNO2S. The summed E-state index contributed by atoms with van der Waals surface area (Å²) in [6.45, 7) is 0.765. The van der Waals surface area contributed by atoms with Crippen molar-refractivity contribution < 1.29 is 9.84 Å². The van der Waals surface area contributed by atoms with E-state index in [0.29, 0.717) is 4.34 Å². The molecule has 94 valence electrons. The Bertz CT molecular complexity index is 405. The summed E-state index contributed by atoms with van der Waals surface area (Å²) in [6, 6.07) is 0. The largest absolute Gasteiger partial charge is 0.386 e. The van der Waals surface area contributed by atoms with Crippen LogP contribution in [0, 0.1) is 5.92 Å². The highest BCUT2D eigenvalue weighted by atomic mass is 35.5. The van der Waals surface area contributed by atoms with E-state index in [1.54, 1.807) is 6.20 Å². The first-order chi connectivity index (χ1) is 8.19. The Balaban J connectivity index is 1.71. The predicted molar refractivity (Wildman–Crippen MR) is 67.3 cm³/mol. The van der Waals surface area contributed by atoms with Gasteiger partial charge in [0.1, 0.15) is 15.4 Å². The highest BCUT2D eigenvalue weighted by Gasteiger charge is 2.44. The molecular weight excluding hydrogens is 258 g/mol. The zero-order valence-electron chi connectivity index (χ0n) is 9.56. The van der Waals surface area contributed by atoms with E-state index in [0.717, 1.165) is 37.3 Å². The van der Waals surface area contributed by atoms with E-state index >= 15 is 0 Å². The lowest BCUT2D eigenvalue weighted by atomic mass is 9.71. The predicted octanol–water partition coefficient (Wildman–Crippen LogP) is 3.18. The Morgan fingerprint density at radius 2 is 2.41 bits per heavy atom. The average molecular weight is 274 g/mol. The van der Waals surface area contributed by atoms with Crippen molar-refractivity contribution in [2.24, 2.45) is 5.92 Å². The van der Waals surface area contributed by atoms with Crippen molar-refractivity contribution in [3.8, 4) is 0 Å². The van der Waals surface area contributed by atoms with E-state index in [1.165, 1.54) is 17.8 Å². The fourth-order valence-corrected chi connectivity index (χ4v) is 3.87. The maximum absolute atomic E-state index is 10.3. The molecule has 1 saturated heterocycles. The maximum atomic E-state index is 10.3. The molecule has 1 aromatic heterocycles. The van der Waals surface area contributed by atoms with E-state index in [4.69, 9.17) is 16.3 Å². The molecule has 3 rings (SSSR count). The number of ether oxygens (including phenoxy) is 1. The SMILES string of the molecule is OC(c1ncc(Cl)s1)C1CCOC2(CCC2)C1. The van der Waals surface area contributed by atoms with Crippen molar-refractivity contribution in [2.75, 3.05) is 6.61 Å². The zero-order valence-corrected chi connectivity index (χ0v) is 11.1. The minimum Gasteiger partial charge on any atom is -0.386 e. The molecule has 1 spiro atoms. The number of hydrogen-bond acceptors (Lipinski definition) is 4. The monoisotopic (exact) mass is 273 g/mol. The van der Waals surface area contributed by atoms with Gasteiger partial charge in [0, 0.05) is 6.61 Å². The number of nitrogens with zero attached hydrogens (tertiary/aromatic N) is 1. The van der Waals surface area contributed by atoms with Gasteiger partial charge in [0.05, 0.1) is 11.8 Å². The third-order valence-corrected chi connectivity index (χ3v) is 5.18. The maximum Gasteiger partial charge on any atom is 0.123 e. The summed E-state index contributed by atoms with van der Waals surface area (Å²) in [5.41, 5.74) is 0.0744. The van der Waals surface area contributed by atoms with E-state index < -0.39 is 6.10 Å². The minimum atomic E-state index is -0.478. The van der Waals surface area contributed by atoms with Crippen molar-refractivity contribution >= 4 is 22.9 Å². The number of rotatable bonds is 2. The fourth-order valence-electron chi connectivity index (χ4n) is 2.86. The van der Waals surface area contributed by atoms with Crippen LogP contribution in [0.25, 0.3) is 0 Å². The van der Waals surface area contributed by atoms with Crippen LogP contribution >= 0.6 is 22.9 Å². The second kappa shape index (κ2) is 4.50. The molecule has 1 aliphatic heterocycles. The molecule has 0 aromatic carbocycles. The first-order valence-corrected chi connectivity index (χ1v) is 7.31. The van der Waals surface area contributed by atoms with Crippen molar-refractivity contribution in [3.05, 3.63) is 15.5 Å². The fraction of sp³-hybridized carbons (Fsp3) is 0.750. The molecule has 2 atom stereocenters. The smallest absolute Gasteiger partial charge is 0.123 e. The molecule has 1 saturated carbocycles. The highest BCUT2D eigenvalue weighted by molar-refractivity contribution is 7.15. The number of aromatic nitrogens is 1. The number of hydrogen-bond donors (Lipinski definition) is 1. The molecule has 0 bridgehead atoms. The molecule has 2 unspecified atom stereocenters. The lowest BCUT2D eigenvalue weighted by molar-refractivity contribution is -0.157. The summed E-state index contributed by atoms with van der Waals surface area (Å²) < 4.78 is 6.51. The van der Waals surface area contributed by atoms with Crippen LogP contribution in [0.4, 0.5) is 0 Å². The second-order valence-corrected chi connectivity index (χ2v) is 6.78. The normalized spacial score (nSPS) is 28.9. The van der Waals surface area contributed by atoms with Crippen LogP contribution in [0.2, 0.25) is 4.34 Å². The van der Waals surface area contributed by atoms with Crippen LogP contribution in [0.1, 0.15) is 43.2 Å². The van der Waals surface area contributed by atoms with Crippen LogP contribution in [0.3, 0.4) is 0 Å². The molecule has 5 heteroatoms. The number of halogens is 1. The third kappa shape index (κ3) is 2.24. The Morgan fingerprint density at radius 1 is 1.59 bits per heavy atom. The first-order valence-electron chi connectivity index (χ1n) is 6.12. The van der Waals surface area contributed by atoms with E-state index in [9.17, 15) is 5.11 Å². The molecule has 3 nitrogen and oxygen atoms in total. The lowest BCUT2D eigenvalue weighted by Gasteiger charge is -2.47. The van der Waals surface area contributed by atoms with E-state index in [2.05, 4.69) is 4.98 Å². The van der Waals surface area contributed by atoms with Gasteiger partial charge in [-0.25, -0.2) is 4.98 Å². The number of aliphatic hydroxyl groups excluding tert-OH is 1. The van der Waals surface area contributed by atoms with Gasteiger partial charge in [-0.1, -0.05) is 11.6 Å². The summed E-state index contributed by atoms with van der Waals surface area (Å²) in [6.07, 6.45) is 6.57. The van der Waals surface area contributed by atoms with E-state index in [1.807, 2.05) is 0 Å². The zero-order chi connectivity index (χ0) is 11.9. The molecule has 0 radical (unpaired) electrons. The van der Waals surface area contributed by atoms with Crippen molar-refractivity contribution in [3.63, 3.8) is 0 Å². The highest BCUT2D eigenvalue weighted by Crippen LogP contribution is 2.47. The van der Waals surface area contributed by atoms with Crippen molar-refractivity contribution in [1.29, 1.82) is 0 Å². The first kappa shape index (κ1) is 11.9. The summed E-state index contributed by atoms with van der Waals surface area (Å²) in [7, 11) is 0. The van der Waals surface area contributed by atoms with Crippen molar-refractivity contribution in [1.82, 2.24) is 4.98 Å². The molecule has 17 heavy (non-hydrogen) atoms. The average Bonchev–Trinajstić information content (AvgIpc) is 2.73. The van der Waals surface area contributed by atoms with Gasteiger partial charge in [-0.05, 0) is 38.0 Å². The van der Waals surface area contributed by atoms with Gasteiger partial charge in [0.2, 0.25) is 0 Å². The quantitative estimate of drug-likeness (QED) is 0.900. The minimum absolute atomic E-state index is 0.0744. The van der Waals surface area contributed by atoms with Gasteiger partial charge < -0.3 is 9.84 Å². The topological polar surface area (TPSA) is 42.4 Å². The van der Waals surface area contributed by atoms with Gasteiger partial charge in [-0.15, -0.1) is 11.3 Å². The van der Waals surface area contributed by atoms with Gasteiger partial charge >= 0.3 is 0 Å². The van der Waals surface area contributed by atoms with Crippen LogP contribution < -0.4 is 0 Å². The van der Waals surface area contributed by atoms with Gasteiger partial charge in [-0.2, -0.15) is 0 Å². The van der Waals surface area contributed by atoms with Crippen LogP contribution in [0.15, 0.2) is 6.20 Å². The molecule has 2 fully saturated rings. The Hall–Kier alpha value is -0.160. The van der Waals surface area contributed by atoms with Gasteiger partial charge in [0.25, 0.3) is 0 Å². The van der Waals surface area contributed by atoms with Crippen LogP contribution in [-0.4, -0.2) is 22.3 Å². The Kier molecular flexibility index (Phi) is 3.15. The Labute approximate surface area is 110 Å². The standard InChI is InChI=1S/C12H16ClNO2S/c13-9-7-14-11(17-9)10(15)8-2-5-16-12(6-8)3-1-4-12/h7-8,10,15H,1-6H2. The molecule has 0 amide bonds. The molecule has 1 aromatic rings. The van der Waals surface area contributed by atoms with Gasteiger partial charge in [0.15, 0.2) is 0 Å². The van der Waals surface area contributed by atoms with E-state index in [-0.39, 0.29) is 11.5 Å².